The van der Waals surface area contributed by atoms with Crippen molar-refractivity contribution in [3.05, 3.63) is 51.1 Å². The highest BCUT2D eigenvalue weighted by Gasteiger charge is 2.29. The highest BCUT2D eigenvalue weighted by Crippen LogP contribution is 2.28. The fourth-order valence-electron chi connectivity index (χ4n) is 3.95. The Labute approximate surface area is 182 Å². The SMILES string of the molecule is COCCn1nnnc1C(C(C)C)N(CCO)Cc1cc2cc(C)c(C)cc2[nH]c1=O. The number of benzene rings is 1. The van der Waals surface area contributed by atoms with Gasteiger partial charge >= 0.3 is 0 Å². The predicted octanol–water partition coefficient (Wildman–Crippen LogP) is 1.97. The Morgan fingerprint density at radius 2 is 1.97 bits per heavy atom. The summed E-state index contributed by atoms with van der Waals surface area (Å²) >= 11 is 0. The number of tetrazole rings is 1. The van der Waals surface area contributed by atoms with Crippen molar-refractivity contribution in [2.75, 3.05) is 26.9 Å². The number of nitrogens with zero attached hydrogens (tertiary/aromatic N) is 5. The average molecular weight is 429 g/mol. The molecule has 1 atom stereocenters. The molecule has 0 spiro atoms. The van der Waals surface area contributed by atoms with Gasteiger partial charge in [-0.2, -0.15) is 0 Å². The van der Waals surface area contributed by atoms with Crippen LogP contribution in [-0.2, 0) is 17.8 Å². The van der Waals surface area contributed by atoms with E-state index in [1.54, 1.807) is 11.8 Å². The van der Waals surface area contributed by atoms with Crippen molar-refractivity contribution in [3.63, 3.8) is 0 Å². The highest BCUT2D eigenvalue weighted by atomic mass is 16.5. The first kappa shape index (κ1) is 23.1. The molecule has 31 heavy (non-hydrogen) atoms. The summed E-state index contributed by atoms with van der Waals surface area (Å²) in [5, 5.41) is 23.0. The minimum Gasteiger partial charge on any atom is -0.395 e. The second kappa shape index (κ2) is 10.1. The van der Waals surface area contributed by atoms with Crippen molar-refractivity contribution < 1.29 is 9.84 Å². The van der Waals surface area contributed by atoms with Gasteiger partial charge < -0.3 is 14.8 Å². The van der Waals surface area contributed by atoms with Crippen LogP contribution in [0.4, 0.5) is 0 Å². The number of rotatable bonds is 10. The minimum atomic E-state index is -0.172. The first-order valence-electron chi connectivity index (χ1n) is 10.6. The molecule has 1 aromatic carbocycles. The molecule has 1 unspecified atom stereocenters. The second-order valence-electron chi connectivity index (χ2n) is 8.28. The molecule has 0 radical (unpaired) electrons. The molecule has 3 aromatic rings. The summed E-state index contributed by atoms with van der Waals surface area (Å²) in [5.74, 6) is 0.854. The molecule has 9 nitrogen and oxygen atoms in total. The number of aromatic nitrogens is 5. The fourth-order valence-corrected chi connectivity index (χ4v) is 3.95. The molecule has 2 aromatic heterocycles. The van der Waals surface area contributed by atoms with E-state index in [1.165, 1.54) is 5.56 Å². The maximum absolute atomic E-state index is 12.8. The Balaban J connectivity index is 1.99. The highest BCUT2D eigenvalue weighted by molar-refractivity contribution is 5.80. The maximum atomic E-state index is 12.8. The number of methoxy groups -OCH3 is 1. The van der Waals surface area contributed by atoms with Crippen LogP contribution in [0.3, 0.4) is 0 Å². The lowest BCUT2D eigenvalue weighted by molar-refractivity contribution is 0.103. The van der Waals surface area contributed by atoms with Crippen molar-refractivity contribution in [1.29, 1.82) is 0 Å². The molecule has 0 saturated carbocycles. The van der Waals surface area contributed by atoms with Gasteiger partial charge in [0.1, 0.15) is 0 Å². The number of nitrogens with one attached hydrogen (secondary N) is 1. The minimum absolute atomic E-state index is 0.0351. The average Bonchev–Trinajstić information content (AvgIpc) is 3.16. The zero-order valence-corrected chi connectivity index (χ0v) is 18.9. The molecule has 9 heteroatoms. The summed E-state index contributed by atoms with van der Waals surface area (Å²) in [4.78, 5) is 17.9. The Morgan fingerprint density at radius 3 is 2.65 bits per heavy atom. The topological polar surface area (TPSA) is 109 Å². The van der Waals surface area contributed by atoms with E-state index in [0.717, 1.165) is 16.5 Å². The number of aryl methyl sites for hydroxylation is 2. The quantitative estimate of drug-likeness (QED) is 0.508. The number of fused-ring (bicyclic) bond motifs is 1. The first-order chi connectivity index (χ1) is 14.8. The maximum Gasteiger partial charge on any atom is 0.252 e. The van der Waals surface area contributed by atoms with Gasteiger partial charge in [-0.15, -0.1) is 5.10 Å². The molecule has 168 valence electrons. The third-order valence-electron chi connectivity index (χ3n) is 5.65. The molecule has 0 aliphatic carbocycles. The molecular weight excluding hydrogens is 396 g/mol. The van der Waals surface area contributed by atoms with Crippen molar-refractivity contribution in [2.45, 2.75) is 46.8 Å². The zero-order valence-electron chi connectivity index (χ0n) is 18.9. The Morgan fingerprint density at radius 1 is 1.23 bits per heavy atom. The molecule has 0 saturated heterocycles. The van der Waals surface area contributed by atoms with Gasteiger partial charge in [0.2, 0.25) is 0 Å². The third kappa shape index (κ3) is 5.17. The van der Waals surface area contributed by atoms with E-state index in [9.17, 15) is 9.90 Å². The lowest BCUT2D eigenvalue weighted by Crippen LogP contribution is -2.37. The largest absolute Gasteiger partial charge is 0.395 e. The molecule has 3 rings (SSSR count). The van der Waals surface area contributed by atoms with Crippen LogP contribution in [0.15, 0.2) is 23.0 Å². The molecule has 2 heterocycles. The number of pyridine rings is 1. The van der Waals surface area contributed by atoms with Gasteiger partial charge in [0, 0.05) is 31.3 Å². The number of aliphatic hydroxyl groups excluding tert-OH is 1. The molecular formula is C22H32N6O3. The van der Waals surface area contributed by atoms with E-state index in [2.05, 4.69) is 52.2 Å². The number of aliphatic hydroxyl groups is 1. The summed E-state index contributed by atoms with van der Waals surface area (Å²) in [5.41, 5.74) is 3.66. The molecule has 0 bridgehead atoms. The monoisotopic (exact) mass is 428 g/mol. The van der Waals surface area contributed by atoms with E-state index in [4.69, 9.17) is 4.74 Å². The van der Waals surface area contributed by atoms with Gasteiger partial charge in [-0.3, -0.25) is 9.69 Å². The van der Waals surface area contributed by atoms with Gasteiger partial charge in [-0.05, 0) is 64.9 Å². The lowest BCUT2D eigenvalue weighted by atomic mass is 10.00. The zero-order chi connectivity index (χ0) is 22.5. The first-order valence-corrected chi connectivity index (χ1v) is 10.6. The standard InChI is InChI=1S/C22H32N6O3/c1-14(2)20(21-24-25-26-28(21)7-9-31-5)27(6-8-29)13-18-12-17-10-15(3)16(4)11-19(17)23-22(18)30/h10-12,14,20,29H,6-9,13H2,1-5H3,(H,23,30). The van der Waals surface area contributed by atoms with Crippen LogP contribution in [0.1, 0.15) is 42.4 Å². The summed E-state index contributed by atoms with van der Waals surface area (Å²) in [6.07, 6.45) is 0. The van der Waals surface area contributed by atoms with E-state index in [-0.39, 0.29) is 24.1 Å². The summed E-state index contributed by atoms with van der Waals surface area (Å²) < 4.78 is 6.90. The Kier molecular flexibility index (Phi) is 7.53. The molecule has 0 aliphatic heterocycles. The normalized spacial score (nSPS) is 12.9. The molecule has 0 aliphatic rings. The van der Waals surface area contributed by atoms with Crippen LogP contribution in [0.5, 0.6) is 0 Å². The van der Waals surface area contributed by atoms with Gasteiger partial charge in [0.05, 0.1) is 25.8 Å². The van der Waals surface area contributed by atoms with Crippen LogP contribution in [0, 0.1) is 19.8 Å². The Hall–Kier alpha value is -2.62. The Bertz CT molecular complexity index is 1070. The smallest absolute Gasteiger partial charge is 0.252 e. The van der Waals surface area contributed by atoms with Crippen molar-refractivity contribution in [2.24, 2.45) is 5.92 Å². The van der Waals surface area contributed by atoms with Crippen molar-refractivity contribution in [1.82, 2.24) is 30.1 Å². The van der Waals surface area contributed by atoms with Crippen LogP contribution in [0.2, 0.25) is 0 Å². The van der Waals surface area contributed by atoms with Gasteiger partial charge in [0.25, 0.3) is 5.56 Å². The van der Waals surface area contributed by atoms with Crippen molar-refractivity contribution >= 4 is 10.9 Å². The summed E-state index contributed by atoms with van der Waals surface area (Å²) in [7, 11) is 1.64. The number of hydrogen-bond donors (Lipinski definition) is 2. The number of aromatic amines is 1. The van der Waals surface area contributed by atoms with Gasteiger partial charge in [-0.25, -0.2) is 4.68 Å². The number of H-pyrrole nitrogens is 1. The van der Waals surface area contributed by atoms with Crippen LogP contribution in [-0.4, -0.2) is 62.1 Å². The summed E-state index contributed by atoms with van der Waals surface area (Å²) in [6, 6.07) is 5.86. The molecule has 0 amide bonds. The van der Waals surface area contributed by atoms with Crippen LogP contribution >= 0.6 is 0 Å². The van der Waals surface area contributed by atoms with E-state index < -0.39 is 0 Å². The molecule has 2 N–H and O–H groups in total. The van der Waals surface area contributed by atoms with Crippen molar-refractivity contribution in [3.8, 4) is 0 Å². The predicted molar refractivity (Wildman–Crippen MR) is 119 cm³/mol. The van der Waals surface area contributed by atoms with Crippen LogP contribution < -0.4 is 5.56 Å². The fraction of sp³-hybridized carbons (Fsp3) is 0.545. The van der Waals surface area contributed by atoms with Crippen LogP contribution in [0.25, 0.3) is 10.9 Å². The van der Waals surface area contributed by atoms with E-state index in [1.807, 2.05) is 19.1 Å². The summed E-state index contributed by atoms with van der Waals surface area (Å²) in [6.45, 7) is 10.0. The van der Waals surface area contributed by atoms with Gasteiger partial charge in [0.15, 0.2) is 5.82 Å². The second-order valence-corrected chi connectivity index (χ2v) is 8.28. The number of ether oxygens (including phenoxy) is 1. The molecule has 0 fully saturated rings. The van der Waals surface area contributed by atoms with Gasteiger partial charge in [-0.1, -0.05) is 13.8 Å². The third-order valence-corrected chi connectivity index (χ3v) is 5.65. The number of hydrogen-bond acceptors (Lipinski definition) is 7. The lowest BCUT2D eigenvalue weighted by Gasteiger charge is -2.33. The van der Waals surface area contributed by atoms with E-state index >= 15 is 0 Å². The van der Waals surface area contributed by atoms with E-state index in [0.29, 0.717) is 37.6 Å².